The van der Waals surface area contributed by atoms with Gasteiger partial charge in [0.15, 0.2) is 0 Å². The number of carbonyl (C=O) groups is 2. The zero-order chi connectivity index (χ0) is 20.1. The Morgan fingerprint density at radius 3 is 2.39 bits per heavy atom. The highest BCUT2D eigenvalue weighted by atomic mass is 16.2. The van der Waals surface area contributed by atoms with Crippen LogP contribution in [0.1, 0.15) is 0 Å². The maximum absolute atomic E-state index is 12.4. The molecule has 1 aromatic heterocycles. The molecule has 0 aliphatic rings. The van der Waals surface area contributed by atoms with Crippen LogP contribution in [-0.4, -0.2) is 47.1 Å². The van der Waals surface area contributed by atoms with Crippen molar-refractivity contribution in [2.24, 2.45) is 0 Å². The summed E-state index contributed by atoms with van der Waals surface area (Å²) in [5.41, 5.74) is 0.769. The Kier molecular flexibility index (Phi) is 5.81. The number of carbonyl (C=O) groups excluding carboxylic acids is 2. The van der Waals surface area contributed by atoms with Crippen molar-refractivity contribution < 1.29 is 9.59 Å². The highest BCUT2D eigenvalue weighted by molar-refractivity contribution is 5.94. The molecule has 3 aromatic rings. The Morgan fingerprint density at radius 2 is 1.68 bits per heavy atom. The maximum atomic E-state index is 12.4. The van der Waals surface area contributed by atoms with E-state index in [1.54, 1.807) is 67.7 Å². The standard InChI is InChI=1S/C20H21N5O3/c1-24(2)12-18(26)22-15-7-5-8-16(10-15)23-19(27)13-25-20(28)17-9-4-3-6-14(17)11-21-25/h3-11H,12-13H2,1-2H3,(H,22,26)(H,23,27). The second-order valence-corrected chi connectivity index (χ2v) is 6.61. The van der Waals surface area contributed by atoms with Crippen LogP contribution in [0.15, 0.2) is 59.5 Å². The Hall–Kier alpha value is -3.52. The molecule has 0 fully saturated rings. The van der Waals surface area contributed by atoms with Crippen molar-refractivity contribution in [2.45, 2.75) is 6.54 Å². The Labute approximate surface area is 161 Å². The van der Waals surface area contributed by atoms with Crippen molar-refractivity contribution in [2.75, 3.05) is 31.3 Å². The lowest BCUT2D eigenvalue weighted by Crippen LogP contribution is -2.29. The number of amides is 2. The van der Waals surface area contributed by atoms with Crippen molar-refractivity contribution in [1.82, 2.24) is 14.7 Å². The summed E-state index contributed by atoms with van der Waals surface area (Å²) >= 11 is 0. The summed E-state index contributed by atoms with van der Waals surface area (Å²) < 4.78 is 1.13. The van der Waals surface area contributed by atoms with Crippen molar-refractivity contribution in [1.29, 1.82) is 0 Å². The van der Waals surface area contributed by atoms with Crippen LogP contribution in [0.25, 0.3) is 10.8 Å². The van der Waals surface area contributed by atoms with E-state index in [4.69, 9.17) is 0 Å². The summed E-state index contributed by atoms with van der Waals surface area (Å²) in [5, 5.41) is 10.8. The second kappa shape index (κ2) is 8.45. The second-order valence-electron chi connectivity index (χ2n) is 6.61. The van der Waals surface area contributed by atoms with Crippen LogP contribution in [-0.2, 0) is 16.1 Å². The Bertz CT molecular complexity index is 1070. The predicted molar refractivity (Wildman–Crippen MR) is 108 cm³/mol. The third-order valence-electron chi connectivity index (χ3n) is 3.95. The van der Waals surface area contributed by atoms with E-state index >= 15 is 0 Å². The van der Waals surface area contributed by atoms with Gasteiger partial charge in [-0.25, -0.2) is 4.68 Å². The fraction of sp³-hybridized carbons (Fsp3) is 0.200. The molecule has 0 saturated heterocycles. The smallest absolute Gasteiger partial charge is 0.275 e. The molecule has 28 heavy (non-hydrogen) atoms. The third-order valence-corrected chi connectivity index (χ3v) is 3.95. The van der Waals surface area contributed by atoms with Crippen LogP contribution in [0.3, 0.4) is 0 Å². The van der Waals surface area contributed by atoms with Crippen LogP contribution >= 0.6 is 0 Å². The minimum absolute atomic E-state index is 0.152. The Morgan fingerprint density at radius 1 is 1.00 bits per heavy atom. The summed E-state index contributed by atoms with van der Waals surface area (Å²) in [6.07, 6.45) is 1.56. The maximum Gasteiger partial charge on any atom is 0.275 e. The van der Waals surface area contributed by atoms with E-state index in [2.05, 4.69) is 15.7 Å². The normalized spacial score (nSPS) is 10.8. The molecule has 0 radical (unpaired) electrons. The molecular formula is C20H21N5O3. The van der Waals surface area contributed by atoms with Crippen molar-refractivity contribution >= 4 is 34.0 Å². The summed E-state index contributed by atoms with van der Waals surface area (Å²) in [6.45, 7) is 0.0496. The fourth-order valence-corrected chi connectivity index (χ4v) is 2.74. The fourth-order valence-electron chi connectivity index (χ4n) is 2.74. The molecular weight excluding hydrogens is 358 g/mol. The average Bonchev–Trinajstić information content (AvgIpc) is 2.64. The molecule has 2 N–H and O–H groups in total. The first kappa shape index (κ1) is 19.2. The van der Waals surface area contributed by atoms with E-state index < -0.39 is 0 Å². The first-order chi connectivity index (χ1) is 13.4. The minimum atomic E-state index is -0.387. The number of fused-ring (bicyclic) bond motifs is 1. The van der Waals surface area contributed by atoms with Gasteiger partial charge in [-0.3, -0.25) is 14.4 Å². The van der Waals surface area contributed by atoms with Crippen LogP contribution in [0, 0.1) is 0 Å². The number of likely N-dealkylation sites (N-methyl/N-ethyl adjacent to an activating group) is 1. The summed E-state index contributed by atoms with van der Waals surface area (Å²) in [4.78, 5) is 38.4. The lowest BCUT2D eigenvalue weighted by atomic mass is 10.2. The number of nitrogens with one attached hydrogen (secondary N) is 2. The quantitative estimate of drug-likeness (QED) is 0.677. The zero-order valence-corrected chi connectivity index (χ0v) is 15.7. The zero-order valence-electron chi connectivity index (χ0n) is 15.7. The molecule has 0 aliphatic heterocycles. The van der Waals surface area contributed by atoms with Gasteiger partial charge in [-0.1, -0.05) is 24.3 Å². The number of anilines is 2. The number of hydrogen-bond acceptors (Lipinski definition) is 5. The first-order valence-corrected chi connectivity index (χ1v) is 8.72. The molecule has 3 rings (SSSR count). The van der Waals surface area contributed by atoms with Gasteiger partial charge < -0.3 is 15.5 Å². The molecule has 2 amide bonds. The van der Waals surface area contributed by atoms with Gasteiger partial charge in [-0.05, 0) is 38.4 Å². The number of rotatable bonds is 6. The molecule has 0 saturated carbocycles. The Balaban J connectivity index is 1.68. The highest BCUT2D eigenvalue weighted by Crippen LogP contribution is 2.15. The molecule has 0 aliphatic carbocycles. The molecule has 144 valence electrons. The monoisotopic (exact) mass is 379 g/mol. The van der Waals surface area contributed by atoms with Crippen molar-refractivity contribution in [3.05, 3.63) is 65.1 Å². The molecule has 0 atom stereocenters. The van der Waals surface area contributed by atoms with Crippen molar-refractivity contribution in [3.63, 3.8) is 0 Å². The van der Waals surface area contributed by atoms with E-state index in [-0.39, 0.29) is 30.5 Å². The largest absolute Gasteiger partial charge is 0.325 e. The van der Waals surface area contributed by atoms with Gasteiger partial charge in [-0.2, -0.15) is 5.10 Å². The van der Waals surface area contributed by atoms with Gasteiger partial charge in [-0.15, -0.1) is 0 Å². The molecule has 0 bridgehead atoms. The summed E-state index contributed by atoms with van der Waals surface area (Å²) in [5.74, 6) is -0.540. The summed E-state index contributed by atoms with van der Waals surface area (Å²) in [7, 11) is 3.61. The third kappa shape index (κ3) is 4.80. The molecule has 0 spiro atoms. The van der Waals surface area contributed by atoms with Crippen LogP contribution in [0.5, 0.6) is 0 Å². The van der Waals surface area contributed by atoms with Gasteiger partial charge in [0.05, 0.1) is 18.1 Å². The van der Waals surface area contributed by atoms with Gasteiger partial charge >= 0.3 is 0 Å². The number of hydrogen-bond donors (Lipinski definition) is 2. The van der Waals surface area contributed by atoms with Gasteiger partial charge in [0.2, 0.25) is 11.8 Å². The van der Waals surface area contributed by atoms with E-state index in [0.29, 0.717) is 16.8 Å². The molecule has 8 nitrogen and oxygen atoms in total. The molecule has 2 aromatic carbocycles. The number of benzene rings is 2. The average molecular weight is 379 g/mol. The molecule has 8 heteroatoms. The minimum Gasteiger partial charge on any atom is -0.325 e. The number of aromatic nitrogens is 2. The van der Waals surface area contributed by atoms with Crippen molar-refractivity contribution in [3.8, 4) is 0 Å². The van der Waals surface area contributed by atoms with Gasteiger partial charge in [0.1, 0.15) is 6.54 Å². The van der Waals surface area contributed by atoms with E-state index in [1.165, 1.54) is 0 Å². The van der Waals surface area contributed by atoms with Gasteiger partial charge in [0.25, 0.3) is 5.56 Å². The lowest BCUT2D eigenvalue weighted by molar-refractivity contribution is -0.117. The SMILES string of the molecule is CN(C)CC(=O)Nc1cccc(NC(=O)Cn2ncc3ccccc3c2=O)c1. The first-order valence-electron chi connectivity index (χ1n) is 8.72. The van der Waals surface area contributed by atoms with Gasteiger partial charge in [0, 0.05) is 16.8 Å². The molecule has 0 unspecified atom stereocenters. The van der Waals surface area contributed by atoms with E-state index in [9.17, 15) is 14.4 Å². The summed E-state index contributed by atoms with van der Waals surface area (Å²) in [6, 6.07) is 13.9. The van der Waals surface area contributed by atoms with E-state index in [1.807, 2.05) is 6.07 Å². The topological polar surface area (TPSA) is 96.3 Å². The van der Waals surface area contributed by atoms with Crippen LogP contribution in [0.4, 0.5) is 11.4 Å². The predicted octanol–water partition coefficient (Wildman–Crippen LogP) is 1.54. The number of nitrogens with zero attached hydrogens (tertiary/aromatic N) is 3. The highest BCUT2D eigenvalue weighted by Gasteiger charge is 2.10. The van der Waals surface area contributed by atoms with Crippen LogP contribution in [0.2, 0.25) is 0 Å². The molecule has 1 heterocycles. The lowest BCUT2D eigenvalue weighted by Gasteiger charge is -2.12. The van der Waals surface area contributed by atoms with E-state index in [0.717, 1.165) is 10.1 Å². The van der Waals surface area contributed by atoms with Crippen LogP contribution < -0.4 is 16.2 Å².